The lowest BCUT2D eigenvalue weighted by atomic mass is 10.0. The molecular formula is C21H24N4O2S. The van der Waals surface area contributed by atoms with Gasteiger partial charge in [-0.3, -0.25) is 4.79 Å². The molecule has 1 heterocycles. The highest BCUT2D eigenvalue weighted by Gasteiger charge is 2.16. The van der Waals surface area contributed by atoms with Gasteiger partial charge in [-0.25, -0.2) is 0 Å². The maximum absolute atomic E-state index is 12.2. The Kier molecular flexibility index (Phi) is 6.71. The van der Waals surface area contributed by atoms with E-state index >= 15 is 0 Å². The van der Waals surface area contributed by atoms with Crippen LogP contribution in [0.4, 0.5) is 0 Å². The van der Waals surface area contributed by atoms with Crippen molar-refractivity contribution in [1.29, 1.82) is 0 Å². The lowest BCUT2D eigenvalue weighted by Gasteiger charge is -2.13. The molecule has 1 amide bonds. The molecule has 0 aliphatic rings. The molecule has 3 aromatic rings. The number of ether oxygens (including phenoxy) is 1. The third-order valence-corrected chi connectivity index (χ3v) is 5.51. The highest BCUT2D eigenvalue weighted by atomic mass is 32.2. The van der Waals surface area contributed by atoms with Crippen LogP contribution in [-0.2, 0) is 11.8 Å². The monoisotopic (exact) mass is 396 g/mol. The summed E-state index contributed by atoms with van der Waals surface area (Å²) in [5, 5.41) is 12.2. The zero-order valence-electron chi connectivity index (χ0n) is 16.3. The normalized spacial score (nSPS) is 11.8. The van der Waals surface area contributed by atoms with Gasteiger partial charge < -0.3 is 14.6 Å². The third-order valence-electron chi connectivity index (χ3n) is 4.49. The molecule has 1 atom stereocenters. The first-order valence-electron chi connectivity index (χ1n) is 9.07. The summed E-state index contributed by atoms with van der Waals surface area (Å²) in [5.74, 6) is 1.98. The van der Waals surface area contributed by atoms with E-state index in [9.17, 15) is 4.79 Å². The molecule has 0 radical (unpaired) electrons. The van der Waals surface area contributed by atoms with Crippen LogP contribution in [0.5, 0.6) is 5.75 Å². The standard InChI is InChI=1S/C21H24N4O2S/c1-15(16-9-5-4-6-10-16)13-22-19(26)14-28-21-24-23-20(25(21)2)17-11-7-8-12-18(17)27-3/h4-12,15H,13-14H2,1-3H3,(H,22,26)/t15-/m0/s1. The van der Waals surface area contributed by atoms with E-state index in [0.717, 1.165) is 11.3 Å². The molecule has 0 aliphatic carbocycles. The van der Waals surface area contributed by atoms with Crippen LogP contribution < -0.4 is 10.1 Å². The van der Waals surface area contributed by atoms with Crippen LogP contribution in [0.3, 0.4) is 0 Å². The van der Waals surface area contributed by atoms with Gasteiger partial charge in [-0.1, -0.05) is 61.2 Å². The van der Waals surface area contributed by atoms with Gasteiger partial charge >= 0.3 is 0 Å². The Morgan fingerprint density at radius 1 is 1.14 bits per heavy atom. The first-order valence-corrected chi connectivity index (χ1v) is 10.1. The second-order valence-corrected chi connectivity index (χ2v) is 7.41. The zero-order valence-corrected chi connectivity index (χ0v) is 17.1. The summed E-state index contributed by atoms with van der Waals surface area (Å²) in [4.78, 5) is 12.2. The van der Waals surface area contributed by atoms with E-state index in [1.54, 1.807) is 7.11 Å². The largest absolute Gasteiger partial charge is 0.496 e. The van der Waals surface area contributed by atoms with Crippen molar-refractivity contribution in [3.63, 3.8) is 0 Å². The number of aromatic nitrogens is 3. The molecule has 28 heavy (non-hydrogen) atoms. The van der Waals surface area contributed by atoms with Crippen LogP contribution in [0.15, 0.2) is 59.8 Å². The number of carbonyl (C=O) groups is 1. The van der Waals surface area contributed by atoms with Crippen molar-refractivity contribution >= 4 is 17.7 Å². The Hall–Kier alpha value is -2.80. The SMILES string of the molecule is COc1ccccc1-c1nnc(SCC(=O)NC[C@H](C)c2ccccc2)n1C. The fourth-order valence-corrected chi connectivity index (χ4v) is 3.59. The number of thioether (sulfide) groups is 1. The van der Waals surface area contributed by atoms with Gasteiger partial charge in [-0.05, 0) is 23.6 Å². The third kappa shape index (κ3) is 4.72. The minimum atomic E-state index is -0.0189. The van der Waals surface area contributed by atoms with Crippen molar-refractivity contribution < 1.29 is 9.53 Å². The Balaban J connectivity index is 1.56. The van der Waals surface area contributed by atoms with E-state index in [1.165, 1.54) is 17.3 Å². The number of hydrogen-bond acceptors (Lipinski definition) is 5. The molecule has 146 valence electrons. The van der Waals surface area contributed by atoms with Crippen LogP contribution in [0, 0.1) is 0 Å². The first kappa shape index (κ1) is 19.9. The van der Waals surface area contributed by atoms with Crippen LogP contribution in [0.1, 0.15) is 18.4 Å². The Bertz CT molecular complexity index is 927. The average Bonchev–Trinajstić information content (AvgIpc) is 3.11. The molecule has 2 aromatic carbocycles. The Morgan fingerprint density at radius 3 is 2.61 bits per heavy atom. The van der Waals surface area contributed by atoms with Crippen LogP contribution in [0.25, 0.3) is 11.4 Å². The van der Waals surface area contributed by atoms with Gasteiger partial charge in [0.2, 0.25) is 5.91 Å². The number of amides is 1. The molecule has 0 aliphatic heterocycles. The average molecular weight is 397 g/mol. The molecule has 6 nitrogen and oxygen atoms in total. The summed E-state index contributed by atoms with van der Waals surface area (Å²) >= 11 is 1.37. The first-order chi connectivity index (χ1) is 13.6. The Morgan fingerprint density at radius 2 is 1.86 bits per heavy atom. The second kappa shape index (κ2) is 9.41. The fourth-order valence-electron chi connectivity index (χ4n) is 2.85. The minimum absolute atomic E-state index is 0.0189. The van der Waals surface area contributed by atoms with Gasteiger partial charge in [-0.2, -0.15) is 0 Å². The maximum atomic E-state index is 12.2. The number of hydrogen-bond donors (Lipinski definition) is 1. The fraction of sp³-hybridized carbons (Fsp3) is 0.286. The quantitative estimate of drug-likeness (QED) is 0.590. The number of nitrogens with one attached hydrogen (secondary N) is 1. The lowest BCUT2D eigenvalue weighted by Crippen LogP contribution is -2.29. The molecule has 0 spiro atoms. The summed E-state index contributed by atoms with van der Waals surface area (Å²) in [6.45, 7) is 2.71. The zero-order chi connectivity index (χ0) is 19.9. The summed E-state index contributed by atoms with van der Waals surface area (Å²) in [6.07, 6.45) is 0. The minimum Gasteiger partial charge on any atom is -0.496 e. The second-order valence-electron chi connectivity index (χ2n) is 6.47. The van der Waals surface area contributed by atoms with E-state index in [2.05, 4.69) is 34.6 Å². The highest BCUT2D eigenvalue weighted by molar-refractivity contribution is 7.99. The van der Waals surface area contributed by atoms with Gasteiger partial charge in [0.05, 0.1) is 18.4 Å². The molecule has 1 N–H and O–H groups in total. The van der Waals surface area contributed by atoms with Gasteiger partial charge in [0.25, 0.3) is 0 Å². The number of methoxy groups -OCH3 is 1. The molecule has 0 saturated carbocycles. The summed E-state index contributed by atoms with van der Waals surface area (Å²) in [5.41, 5.74) is 2.08. The summed E-state index contributed by atoms with van der Waals surface area (Å²) in [6, 6.07) is 17.8. The molecule has 0 bridgehead atoms. The summed E-state index contributed by atoms with van der Waals surface area (Å²) < 4.78 is 7.28. The van der Waals surface area contributed by atoms with Gasteiger partial charge in [-0.15, -0.1) is 10.2 Å². The lowest BCUT2D eigenvalue weighted by molar-refractivity contribution is -0.118. The molecule has 1 aromatic heterocycles. The molecule has 3 rings (SSSR count). The smallest absolute Gasteiger partial charge is 0.230 e. The van der Waals surface area contributed by atoms with E-state index in [1.807, 2.05) is 54.1 Å². The number of para-hydroxylation sites is 1. The van der Waals surface area contributed by atoms with Gasteiger partial charge in [0.15, 0.2) is 11.0 Å². The topological polar surface area (TPSA) is 69.0 Å². The van der Waals surface area contributed by atoms with E-state index in [-0.39, 0.29) is 11.8 Å². The van der Waals surface area contributed by atoms with E-state index < -0.39 is 0 Å². The van der Waals surface area contributed by atoms with Crippen molar-refractivity contribution in [2.24, 2.45) is 7.05 Å². The van der Waals surface area contributed by atoms with Crippen LogP contribution in [0.2, 0.25) is 0 Å². The number of benzene rings is 2. The van der Waals surface area contributed by atoms with Crippen molar-refractivity contribution in [3.8, 4) is 17.1 Å². The molecule has 0 fully saturated rings. The van der Waals surface area contributed by atoms with Crippen molar-refractivity contribution in [2.45, 2.75) is 18.0 Å². The van der Waals surface area contributed by atoms with Gasteiger partial charge in [0, 0.05) is 13.6 Å². The molecule has 0 unspecified atom stereocenters. The maximum Gasteiger partial charge on any atom is 0.230 e. The summed E-state index contributed by atoms with van der Waals surface area (Å²) in [7, 11) is 3.52. The highest BCUT2D eigenvalue weighted by Crippen LogP contribution is 2.29. The predicted octanol–water partition coefficient (Wildman–Crippen LogP) is 3.50. The Labute approximate surface area is 169 Å². The molecule has 0 saturated heterocycles. The van der Waals surface area contributed by atoms with Gasteiger partial charge in [0.1, 0.15) is 5.75 Å². The molecular weight excluding hydrogens is 372 g/mol. The number of carbonyl (C=O) groups excluding carboxylic acids is 1. The number of rotatable bonds is 8. The van der Waals surface area contributed by atoms with Crippen LogP contribution >= 0.6 is 11.8 Å². The van der Waals surface area contributed by atoms with Crippen molar-refractivity contribution in [1.82, 2.24) is 20.1 Å². The number of nitrogens with zero attached hydrogens (tertiary/aromatic N) is 3. The van der Waals surface area contributed by atoms with E-state index in [0.29, 0.717) is 23.3 Å². The predicted molar refractivity (Wildman–Crippen MR) is 112 cm³/mol. The van der Waals surface area contributed by atoms with Crippen molar-refractivity contribution in [2.75, 3.05) is 19.4 Å². The van der Waals surface area contributed by atoms with E-state index in [4.69, 9.17) is 4.74 Å². The van der Waals surface area contributed by atoms with Crippen molar-refractivity contribution in [3.05, 3.63) is 60.2 Å². The van der Waals surface area contributed by atoms with Crippen LogP contribution in [-0.4, -0.2) is 40.1 Å². The molecule has 7 heteroatoms.